The number of hydrogen-bond acceptors (Lipinski definition) is 4. The minimum absolute atomic E-state index is 0.295. The van der Waals surface area contributed by atoms with Gasteiger partial charge in [-0.25, -0.2) is 0 Å². The molecule has 26 heavy (non-hydrogen) atoms. The van der Waals surface area contributed by atoms with Crippen LogP contribution >= 0.6 is 0 Å². The number of nitrogens with one attached hydrogen (secondary N) is 2. The molecule has 0 aliphatic carbocycles. The maximum absolute atomic E-state index is 12.5. The van der Waals surface area contributed by atoms with Gasteiger partial charge in [-0.15, -0.1) is 0 Å². The molecule has 0 saturated heterocycles. The lowest BCUT2D eigenvalue weighted by molar-refractivity contribution is 0.0916. The van der Waals surface area contributed by atoms with Crippen molar-refractivity contribution in [3.8, 4) is 0 Å². The third-order valence-corrected chi connectivity index (χ3v) is 3.73. The van der Waals surface area contributed by atoms with E-state index < -0.39 is 0 Å². The number of nitrogens with zero attached hydrogens (tertiary/aromatic N) is 2. The second-order valence-electron chi connectivity index (χ2n) is 5.55. The zero-order valence-electron chi connectivity index (χ0n) is 14.1. The van der Waals surface area contributed by atoms with E-state index in [2.05, 4.69) is 20.6 Å². The summed E-state index contributed by atoms with van der Waals surface area (Å²) < 4.78 is 0. The van der Waals surface area contributed by atoms with Crippen LogP contribution < -0.4 is 10.6 Å². The van der Waals surface area contributed by atoms with Gasteiger partial charge in [-0.2, -0.15) is 0 Å². The molecule has 6 nitrogen and oxygen atoms in total. The topological polar surface area (TPSA) is 84.0 Å². The number of carbonyl (C=O) groups excluding carboxylic acids is 2. The molecule has 3 aromatic rings. The van der Waals surface area contributed by atoms with E-state index in [-0.39, 0.29) is 11.8 Å². The summed E-state index contributed by atoms with van der Waals surface area (Å²) in [6.07, 6.45) is 3.33. The molecule has 0 atom stereocenters. The van der Waals surface area contributed by atoms with Crippen molar-refractivity contribution < 1.29 is 9.59 Å². The van der Waals surface area contributed by atoms with Crippen molar-refractivity contribution in [3.05, 3.63) is 95.6 Å². The molecule has 0 spiro atoms. The van der Waals surface area contributed by atoms with E-state index in [1.165, 1.54) is 0 Å². The van der Waals surface area contributed by atoms with Crippen LogP contribution in [0.2, 0.25) is 0 Å². The number of carbonyl (C=O) groups is 2. The zero-order chi connectivity index (χ0) is 18.2. The fourth-order valence-electron chi connectivity index (χ4n) is 2.42. The second-order valence-corrected chi connectivity index (χ2v) is 5.55. The maximum atomic E-state index is 12.5. The van der Waals surface area contributed by atoms with E-state index in [0.29, 0.717) is 24.2 Å². The summed E-state index contributed by atoms with van der Waals surface area (Å²) in [6.45, 7) is 0.590. The van der Waals surface area contributed by atoms with Crippen molar-refractivity contribution in [2.45, 2.75) is 13.1 Å². The van der Waals surface area contributed by atoms with Gasteiger partial charge in [0.2, 0.25) is 0 Å². The van der Waals surface area contributed by atoms with Crippen molar-refractivity contribution in [2.75, 3.05) is 0 Å². The van der Waals surface area contributed by atoms with Gasteiger partial charge in [0.25, 0.3) is 11.8 Å². The molecule has 0 aliphatic heterocycles. The molecule has 0 aliphatic rings. The van der Waals surface area contributed by atoms with E-state index in [4.69, 9.17) is 0 Å². The SMILES string of the molecule is O=C(NCc1ccccn1)c1ccccc1C(=O)NCc1ccccn1. The lowest BCUT2D eigenvalue weighted by Gasteiger charge is -2.10. The molecule has 2 N–H and O–H groups in total. The van der Waals surface area contributed by atoms with Gasteiger partial charge in [0, 0.05) is 12.4 Å². The predicted molar refractivity (Wildman–Crippen MR) is 97.3 cm³/mol. The molecule has 1 aromatic carbocycles. The van der Waals surface area contributed by atoms with Gasteiger partial charge in [0.05, 0.1) is 35.6 Å². The summed E-state index contributed by atoms with van der Waals surface area (Å²) in [5.74, 6) is -0.640. The fraction of sp³-hybridized carbons (Fsp3) is 0.100. The summed E-state index contributed by atoms with van der Waals surface area (Å²) in [4.78, 5) is 33.3. The Labute approximate surface area is 151 Å². The number of aromatic nitrogens is 2. The molecular formula is C20H18N4O2. The van der Waals surface area contributed by atoms with E-state index in [1.807, 2.05) is 36.4 Å². The minimum atomic E-state index is -0.320. The van der Waals surface area contributed by atoms with E-state index >= 15 is 0 Å². The van der Waals surface area contributed by atoms with Crippen molar-refractivity contribution in [2.24, 2.45) is 0 Å². The van der Waals surface area contributed by atoms with Gasteiger partial charge in [0.1, 0.15) is 0 Å². The van der Waals surface area contributed by atoms with Crippen LogP contribution in [-0.4, -0.2) is 21.8 Å². The smallest absolute Gasteiger partial charge is 0.252 e. The highest BCUT2D eigenvalue weighted by molar-refractivity contribution is 6.07. The Hall–Kier alpha value is -3.54. The Bertz CT molecular complexity index is 808. The predicted octanol–water partition coefficient (Wildman–Crippen LogP) is 2.34. The van der Waals surface area contributed by atoms with Crippen molar-refractivity contribution in [1.82, 2.24) is 20.6 Å². The van der Waals surface area contributed by atoms with Gasteiger partial charge in [-0.3, -0.25) is 19.6 Å². The summed E-state index contributed by atoms with van der Waals surface area (Å²) in [7, 11) is 0. The highest BCUT2D eigenvalue weighted by Gasteiger charge is 2.16. The van der Waals surface area contributed by atoms with E-state index in [0.717, 1.165) is 11.4 Å². The Kier molecular flexibility index (Phi) is 5.67. The van der Waals surface area contributed by atoms with Gasteiger partial charge >= 0.3 is 0 Å². The standard InChI is InChI=1S/C20H18N4O2/c25-19(23-13-15-7-3-5-11-21-15)17-9-1-2-10-18(17)20(26)24-14-16-8-4-6-12-22-16/h1-12H,13-14H2,(H,23,25)(H,24,26). The minimum Gasteiger partial charge on any atom is -0.346 e. The molecule has 0 fully saturated rings. The molecule has 0 unspecified atom stereocenters. The van der Waals surface area contributed by atoms with Gasteiger partial charge in [0.15, 0.2) is 0 Å². The summed E-state index contributed by atoms with van der Waals surface area (Å²) in [5.41, 5.74) is 2.14. The maximum Gasteiger partial charge on any atom is 0.252 e. The molecule has 0 saturated carbocycles. The van der Waals surface area contributed by atoms with Crippen molar-refractivity contribution in [1.29, 1.82) is 0 Å². The normalized spacial score (nSPS) is 10.2. The monoisotopic (exact) mass is 346 g/mol. The van der Waals surface area contributed by atoms with Crippen molar-refractivity contribution >= 4 is 11.8 Å². The Morgan fingerprint density at radius 3 is 1.46 bits per heavy atom. The third kappa shape index (κ3) is 4.51. The average Bonchev–Trinajstić information content (AvgIpc) is 2.72. The molecule has 2 heterocycles. The molecule has 6 heteroatoms. The summed E-state index contributed by atoms with van der Waals surface area (Å²) in [6, 6.07) is 17.7. The highest BCUT2D eigenvalue weighted by atomic mass is 16.2. The van der Waals surface area contributed by atoms with Gasteiger partial charge in [-0.05, 0) is 36.4 Å². The van der Waals surface area contributed by atoms with E-state index in [1.54, 1.807) is 36.7 Å². The molecule has 3 rings (SSSR count). The lowest BCUT2D eigenvalue weighted by Crippen LogP contribution is -2.29. The number of rotatable bonds is 6. The van der Waals surface area contributed by atoms with Crippen LogP contribution in [0.1, 0.15) is 32.1 Å². The molecule has 0 radical (unpaired) electrons. The first-order chi connectivity index (χ1) is 12.7. The Morgan fingerprint density at radius 1 is 0.654 bits per heavy atom. The molecule has 0 bridgehead atoms. The van der Waals surface area contributed by atoms with Crippen LogP contribution in [0.3, 0.4) is 0 Å². The first kappa shape index (κ1) is 17.3. The number of hydrogen-bond donors (Lipinski definition) is 2. The van der Waals surface area contributed by atoms with Gasteiger partial charge in [-0.1, -0.05) is 24.3 Å². The molecule has 2 amide bonds. The Morgan fingerprint density at radius 2 is 1.08 bits per heavy atom. The molecule has 2 aromatic heterocycles. The highest BCUT2D eigenvalue weighted by Crippen LogP contribution is 2.09. The quantitative estimate of drug-likeness (QED) is 0.717. The zero-order valence-corrected chi connectivity index (χ0v) is 14.1. The largest absolute Gasteiger partial charge is 0.346 e. The Balaban J connectivity index is 1.66. The fourth-order valence-corrected chi connectivity index (χ4v) is 2.42. The van der Waals surface area contributed by atoms with Crippen LogP contribution in [0.4, 0.5) is 0 Å². The van der Waals surface area contributed by atoms with Crippen LogP contribution in [-0.2, 0) is 13.1 Å². The van der Waals surface area contributed by atoms with Crippen LogP contribution in [0.25, 0.3) is 0 Å². The van der Waals surface area contributed by atoms with E-state index in [9.17, 15) is 9.59 Å². The summed E-state index contributed by atoms with van der Waals surface area (Å²) >= 11 is 0. The number of benzene rings is 1. The van der Waals surface area contributed by atoms with Crippen LogP contribution in [0.5, 0.6) is 0 Å². The number of amides is 2. The van der Waals surface area contributed by atoms with Crippen LogP contribution in [0, 0.1) is 0 Å². The first-order valence-electron chi connectivity index (χ1n) is 8.19. The molecular weight excluding hydrogens is 328 g/mol. The average molecular weight is 346 g/mol. The number of pyridine rings is 2. The first-order valence-corrected chi connectivity index (χ1v) is 8.19. The van der Waals surface area contributed by atoms with Gasteiger partial charge < -0.3 is 10.6 Å². The lowest BCUT2D eigenvalue weighted by atomic mass is 10.1. The van der Waals surface area contributed by atoms with Crippen molar-refractivity contribution in [3.63, 3.8) is 0 Å². The summed E-state index contributed by atoms with van der Waals surface area (Å²) in [5, 5.41) is 5.58. The van der Waals surface area contributed by atoms with Crippen LogP contribution in [0.15, 0.2) is 73.1 Å². The second kappa shape index (κ2) is 8.53. The molecule has 130 valence electrons. The third-order valence-electron chi connectivity index (χ3n) is 3.73.